The minimum atomic E-state index is -0.0147. The first kappa shape index (κ1) is 29.9. The number of benzene rings is 3. The molecule has 3 aromatic rings. The zero-order chi connectivity index (χ0) is 28.6. The van der Waals surface area contributed by atoms with Crippen LogP contribution in [0.25, 0.3) is 22.3 Å². The monoisotopic (exact) mass is 558 g/mol. The lowest BCUT2D eigenvalue weighted by molar-refractivity contribution is 0.00680. The Morgan fingerprint density at radius 2 is 1.15 bits per heavy atom. The molecule has 5 nitrogen and oxygen atoms in total. The number of hydrogen-bond acceptors (Lipinski definition) is 5. The van der Waals surface area contributed by atoms with E-state index < -0.39 is 0 Å². The van der Waals surface area contributed by atoms with E-state index in [4.69, 9.17) is 24.1 Å². The van der Waals surface area contributed by atoms with E-state index in [1.165, 1.54) is 81.3 Å². The van der Waals surface area contributed by atoms with Crippen molar-refractivity contribution in [3.63, 3.8) is 0 Å². The molecule has 5 rings (SSSR count). The largest absolute Gasteiger partial charge is 0.394 e. The summed E-state index contributed by atoms with van der Waals surface area (Å²) in [6, 6.07) is 18.5. The number of hydrogen-bond donors (Lipinski definition) is 1. The quantitative estimate of drug-likeness (QED) is 0.174. The molecule has 2 aliphatic carbocycles. The zero-order valence-electron chi connectivity index (χ0n) is 25.0. The smallest absolute Gasteiger partial charge is 0.109 e. The Morgan fingerprint density at radius 1 is 0.585 bits per heavy atom. The molecule has 0 saturated carbocycles. The minimum Gasteiger partial charge on any atom is -0.394 e. The van der Waals surface area contributed by atoms with E-state index in [1.54, 1.807) is 0 Å². The third-order valence-electron chi connectivity index (χ3n) is 8.33. The summed E-state index contributed by atoms with van der Waals surface area (Å²) < 4.78 is 23.7. The van der Waals surface area contributed by atoms with E-state index in [1.807, 2.05) is 0 Å². The standard InChI is InChI=1S/C36H46O5/c1-4-5-6-7-8-14-41-36-33-21-26(3)10-12-28(33)31-22-32-30(23-34(31)36)27-11-9-25(2)20-29(27)35(32)24-40-19-18-39-17-16-38-15-13-37/h9-12,20-23,35-37H,4-8,13-19,24H2,1-3H3. The summed E-state index contributed by atoms with van der Waals surface area (Å²) in [7, 11) is 0. The number of aryl methyl sites for hydroxylation is 2. The summed E-state index contributed by atoms with van der Waals surface area (Å²) in [6.07, 6.45) is 6.18. The summed E-state index contributed by atoms with van der Waals surface area (Å²) >= 11 is 0. The third-order valence-corrected chi connectivity index (χ3v) is 8.33. The Labute approximate surface area is 245 Å². The van der Waals surface area contributed by atoms with Crippen molar-refractivity contribution in [3.05, 3.63) is 81.9 Å². The maximum Gasteiger partial charge on any atom is 0.109 e. The van der Waals surface area contributed by atoms with Gasteiger partial charge in [0, 0.05) is 12.5 Å². The maximum atomic E-state index is 8.80. The topological polar surface area (TPSA) is 57.2 Å². The van der Waals surface area contributed by atoms with Crippen molar-refractivity contribution in [2.45, 2.75) is 64.9 Å². The average molecular weight is 559 g/mol. The highest BCUT2D eigenvalue weighted by atomic mass is 16.5. The van der Waals surface area contributed by atoms with Gasteiger partial charge in [-0.25, -0.2) is 0 Å². The second kappa shape index (κ2) is 14.6. The molecule has 2 atom stereocenters. The molecule has 0 saturated heterocycles. The third kappa shape index (κ3) is 6.93. The van der Waals surface area contributed by atoms with E-state index in [-0.39, 0.29) is 18.6 Å². The predicted octanol–water partition coefficient (Wildman–Crippen LogP) is 7.51. The molecule has 1 N–H and O–H groups in total. The van der Waals surface area contributed by atoms with Gasteiger partial charge in [0.15, 0.2) is 0 Å². The number of fused-ring (bicyclic) bond motifs is 6. The molecule has 5 heteroatoms. The summed E-state index contributed by atoms with van der Waals surface area (Å²) in [5.41, 5.74) is 13.0. The van der Waals surface area contributed by atoms with E-state index in [2.05, 4.69) is 69.3 Å². The SMILES string of the molecule is CCCCCCCOC1c2cc(C)ccc2-c2cc3c(cc21)-c1ccc(C)cc1C3COCCOCCOCCO. The van der Waals surface area contributed by atoms with Crippen LogP contribution in [0, 0.1) is 13.8 Å². The van der Waals surface area contributed by atoms with Crippen molar-refractivity contribution >= 4 is 0 Å². The molecule has 0 aliphatic heterocycles. The van der Waals surface area contributed by atoms with E-state index >= 15 is 0 Å². The van der Waals surface area contributed by atoms with Crippen molar-refractivity contribution < 1.29 is 24.1 Å². The molecular weight excluding hydrogens is 512 g/mol. The van der Waals surface area contributed by atoms with Gasteiger partial charge in [-0.3, -0.25) is 0 Å². The highest BCUT2D eigenvalue weighted by Crippen LogP contribution is 2.53. The minimum absolute atomic E-state index is 0.0147. The van der Waals surface area contributed by atoms with Crippen LogP contribution < -0.4 is 0 Å². The van der Waals surface area contributed by atoms with Crippen LogP contribution in [0.15, 0.2) is 48.5 Å². The molecule has 0 radical (unpaired) electrons. The van der Waals surface area contributed by atoms with Crippen molar-refractivity contribution in [2.75, 3.05) is 52.9 Å². The van der Waals surface area contributed by atoms with Crippen molar-refractivity contribution in [3.8, 4) is 22.3 Å². The summed E-state index contributed by atoms with van der Waals surface area (Å²) in [5.74, 6) is 0.186. The molecule has 0 aromatic heterocycles. The zero-order valence-corrected chi connectivity index (χ0v) is 25.0. The molecule has 0 fully saturated rings. The van der Waals surface area contributed by atoms with Gasteiger partial charge in [-0.15, -0.1) is 0 Å². The normalized spacial score (nSPS) is 16.5. The van der Waals surface area contributed by atoms with Gasteiger partial charge in [0.1, 0.15) is 6.10 Å². The summed E-state index contributed by atoms with van der Waals surface area (Å²) in [5, 5.41) is 8.80. The van der Waals surface area contributed by atoms with Gasteiger partial charge in [0.25, 0.3) is 0 Å². The van der Waals surface area contributed by atoms with E-state index in [0.29, 0.717) is 39.6 Å². The first-order valence-electron chi connectivity index (χ1n) is 15.5. The van der Waals surface area contributed by atoms with Gasteiger partial charge in [0.05, 0.1) is 46.2 Å². The Bertz CT molecular complexity index is 1300. The van der Waals surface area contributed by atoms with Crippen LogP contribution in [0.4, 0.5) is 0 Å². The van der Waals surface area contributed by atoms with Gasteiger partial charge >= 0.3 is 0 Å². The van der Waals surface area contributed by atoms with Crippen molar-refractivity contribution in [2.24, 2.45) is 0 Å². The average Bonchev–Trinajstić information content (AvgIpc) is 3.43. The fourth-order valence-electron chi connectivity index (χ4n) is 6.27. The molecule has 2 aliphatic rings. The van der Waals surface area contributed by atoms with Gasteiger partial charge in [0.2, 0.25) is 0 Å². The van der Waals surface area contributed by atoms with Crippen LogP contribution in [0.5, 0.6) is 0 Å². The van der Waals surface area contributed by atoms with Crippen LogP contribution >= 0.6 is 0 Å². The fourth-order valence-corrected chi connectivity index (χ4v) is 6.27. The number of aliphatic hydroxyl groups is 1. The second-order valence-corrected chi connectivity index (χ2v) is 11.4. The molecular formula is C36H46O5. The molecule has 0 bridgehead atoms. The van der Waals surface area contributed by atoms with Crippen LogP contribution in [-0.4, -0.2) is 58.0 Å². The van der Waals surface area contributed by atoms with Crippen LogP contribution in [0.1, 0.15) is 84.4 Å². The Morgan fingerprint density at radius 3 is 1.88 bits per heavy atom. The Hall–Kier alpha value is -2.54. The lowest BCUT2D eigenvalue weighted by atomic mass is 9.93. The number of rotatable bonds is 17. The van der Waals surface area contributed by atoms with Gasteiger partial charge in [-0.2, -0.15) is 0 Å². The molecule has 41 heavy (non-hydrogen) atoms. The molecule has 3 aromatic carbocycles. The fraction of sp³-hybridized carbons (Fsp3) is 0.500. The van der Waals surface area contributed by atoms with Crippen LogP contribution in [0.2, 0.25) is 0 Å². The Kier molecular flexibility index (Phi) is 10.6. The molecule has 0 heterocycles. The molecule has 0 spiro atoms. The first-order chi connectivity index (χ1) is 20.1. The molecule has 0 amide bonds. The number of unbranched alkanes of at least 4 members (excludes halogenated alkanes) is 4. The predicted molar refractivity (Wildman–Crippen MR) is 165 cm³/mol. The van der Waals surface area contributed by atoms with Crippen molar-refractivity contribution in [1.82, 2.24) is 0 Å². The highest BCUT2D eigenvalue weighted by molar-refractivity contribution is 5.87. The van der Waals surface area contributed by atoms with Gasteiger partial charge in [-0.1, -0.05) is 80.1 Å². The van der Waals surface area contributed by atoms with Gasteiger partial charge in [-0.05, 0) is 76.9 Å². The van der Waals surface area contributed by atoms with E-state index in [9.17, 15) is 0 Å². The van der Waals surface area contributed by atoms with Crippen LogP contribution in [0.3, 0.4) is 0 Å². The molecule has 2 unspecified atom stereocenters. The van der Waals surface area contributed by atoms with Gasteiger partial charge < -0.3 is 24.1 Å². The first-order valence-corrected chi connectivity index (χ1v) is 15.5. The maximum absolute atomic E-state index is 8.80. The number of ether oxygens (including phenoxy) is 4. The lowest BCUT2D eigenvalue weighted by Gasteiger charge is -2.17. The Balaban J connectivity index is 1.35. The van der Waals surface area contributed by atoms with Crippen molar-refractivity contribution in [1.29, 1.82) is 0 Å². The highest BCUT2D eigenvalue weighted by Gasteiger charge is 2.35. The summed E-state index contributed by atoms with van der Waals surface area (Å²) in [6.45, 7) is 10.4. The van der Waals surface area contributed by atoms with Crippen LogP contribution in [-0.2, 0) is 18.9 Å². The number of aliphatic hydroxyl groups excluding tert-OH is 1. The molecule has 220 valence electrons. The summed E-state index contributed by atoms with van der Waals surface area (Å²) in [4.78, 5) is 0. The second-order valence-electron chi connectivity index (χ2n) is 11.4. The lowest BCUT2D eigenvalue weighted by Crippen LogP contribution is -2.13. The van der Waals surface area contributed by atoms with E-state index in [0.717, 1.165) is 13.0 Å².